The van der Waals surface area contributed by atoms with Crippen LogP contribution in [0.15, 0.2) is 77.4 Å². The van der Waals surface area contributed by atoms with E-state index < -0.39 is 0 Å². The van der Waals surface area contributed by atoms with Gasteiger partial charge >= 0.3 is 0 Å². The van der Waals surface area contributed by atoms with Gasteiger partial charge in [-0.2, -0.15) is 0 Å². The number of carbonyl (C=O) groups excluding carboxylic acids is 1. The fourth-order valence-electron chi connectivity index (χ4n) is 4.16. The summed E-state index contributed by atoms with van der Waals surface area (Å²) >= 11 is 0. The van der Waals surface area contributed by atoms with E-state index in [1.165, 1.54) is 16.7 Å². The average molecular weight is 440 g/mol. The first-order chi connectivity index (χ1) is 16.0. The van der Waals surface area contributed by atoms with Crippen molar-refractivity contribution in [3.05, 3.63) is 95.3 Å². The normalized spacial score (nSPS) is 11.6. The van der Waals surface area contributed by atoms with Crippen LogP contribution in [0.4, 0.5) is 0 Å². The van der Waals surface area contributed by atoms with Gasteiger partial charge in [-0.25, -0.2) is 0 Å². The molecule has 0 aliphatic heterocycles. The predicted octanol–water partition coefficient (Wildman–Crippen LogP) is 6.49. The van der Waals surface area contributed by atoms with Crippen LogP contribution < -0.4 is 10.1 Å². The molecule has 0 aliphatic rings. The number of carbonyl (C=O) groups is 1. The summed E-state index contributed by atoms with van der Waals surface area (Å²) in [5, 5.41) is 3.97. The Balaban J connectivity index is 1.60. The van der Waals surface area contributed by atoms with Gasteiger partial charge in [0.2, 0.25) is 5.91 Å². The topological polar surface area (TPSA) is 51.5 Å². The van der Waals surface area contributed by atoms with Crippen LogP contribution in [-0.2, 0) is 11.2 Å². The average Bonchev–Trinajstić information content (AvgIpc) is 3.21. The lowest BCUT2D eigenvalue weighted by Gasteiger charge is -2.11. The zero-order valence-corrected chi connectivity index (χ0v) is 19.6. The third kappa shape index (κ3) is 5.01. The van der Waals surface area contributed by atoms with Crippen molar-refractivity contribution in [2.75, 3.05) is 13.7 Å². The summed E-state index contributed by atoms with van der Waals surface area (Å²) in [6.45, 7) is 6.71. The summed E-state index contributed by atoms with van der Waals surface area (Å²) in [6.07, 6.45) is 4.22. The molecule has 0 fully saturated rings. The van der Waals surface area contributed by atoms with Gasteiger partial charge in [-0.15, -0.1) is 0 Å². The first-order valence-corrected chi connectivity index (χ1v) is 11.1. The van der Waals surface area contributed by atoms with Gasteiger partial charge in [-0.05, 0) is 55.5 Å². The number of fused-ring (bicyclic) bond motifs is 1. The summed E-state index contributed by atoms with van der Waals surface area (Å²) in [5.74, 6) is 0.558. The van der Waals surface area contributed by atoms with Crippen molar-refractivity contribution in [3.8, 4) is 16.9 Å². The van der Waals surface area contributed by atoms with Gasteiger partial charge in [0.1, 0.15) is 11.3 Å². The lowest BCUT2D eigenvalue weighted by atomic mass is 9.96. The maximum Gasteiger partial charge on any atom is 0.244 e. The van der Waals surface area contributed by atoms with Gasteiger partial charge in [0, 0.05) is 35.2 Å². The van der Waals surface area contributed by atoms with Crippen LogP contribution in [0.3, 0.4) is 0 Å². The number of nitrogens with one attached hydrogen (secondary N) is 1. The van der Waals surface area contributed by atoms with Crippen molar-refractivity contribution in [3.63, 3.8) is 0 Å². The van der Waals surface area contributed by atoms with E-state index in [4.69, 9.17) is 9.15 Å². The molecular weight excluding hydrogens is 410 g/mol. The maximum atomic E-state index is 12.5. The van der Waals surface area contributed by atoms with Crippen LogP contribution in [-0.4, -0.2) is 19.6 Å². The van der Waals surface area contributed by atoms with E-state index in [0.717, 1.165) is 39.7 Å². The van der Waals surface area contributed by atoms with E-state index in [2.05, 4.69) is 55.6 Å². The van der Waals surface area contributed by atoms with Crippen molar-refractivity contribution < 1.29 is 13.9 Å². The summed E-state index contributed by atoms with van der Waals surface area (Å²) in [7, 11) is 1.63. The first-order valence-electron chi connectivity index (χ1n) is 11.1. The fourth-order valence-corrected chi connectivity index (χ4v) is 4.16. The van der Waals surface area contributed by atoms with Gasteiger partial charge in [0.25, 0.3) is 0 Å². The highest BCUT2D eigenvalue weighted by molar-refractivity contribution is 6.00. The van der Waals surface area contributed by atoms with Crippen molar-refractivity contribution >= 4 is 22.4 Å². The van der Waals surface area contributed by atoms with Crippen LogP contribution >= 0.6 is 0 Å². The lowest BCUT2D eigenvalue weighted by Crippen LogP contribution is -2.23. The Bertz CT molecular complexity index is 1320. The van der Waals surface area contributed by atoms with Crippen molar-refractivity contribution in [1.29, 1.82) is 0 Å². The zero-order valence-electron chi connectivity index (χ0n) is 19.6. The third-order valence-electron chi connectivity index (χ3n) is 5.90. The van der Waals surface area contributed by atoms with Crippen LogP contribution in [0.1, 0.15) is 29.2 Å². The molecular formula is C29H29NO3. The van der Waals surface area contributed by atoms with Crippen molar-refractivity contribution in [1.82, 2.24) is 5.32 Å². The monoisotopic (exact) mass is 439 g/mol. The number of furan rings is 1. The second-order valence-electron chi connectivity index (χ2n) is 8.37. The van der Waals surface area contributed by atoms with Crippen LogP contribution in [0, 0.1) is 13.8 Å². The quantitative estimate of drug-likeness (QED) is 0.335. The second-order valence-corrected chi connectivity index (χ2v) is 8.37. The summed E-state index contributed by atoms with van der Waals surface area (Å²) in [5.41, 5.74) is 8.25. The molecule has 4 nitrogen and oxygen atoms in total. The Labute approximate surface area is 194 Å². The minimum absolute atomic E-state index is 0.118. The number of hydrogen-bond acceptors (Lipinski definition) is 3. The molecule has 33 heavy (non-hydrogen) atoms. The number of ether oxygens (including phenoxy) is 1. The highest BCUT2D eigenvalue weighted by Crippen LogP contribution is 2.38. The summed E-state index contributed by atoms with van der Waals surface area (Å²) < 4.78 is 11.5. The zero-order chi connectivity index (χ0) is 23.4. The molecule has 3 aromatic carbocycles. The standard InChI is InChI=1S/C29H29NO3/c1-19-10-11-23(20(2)14-19)26-18-33-28-17-27(32-4)24(16-25(26)28)21(3)15-29(31)30-13-12-22-8-6-5-7-9-22/h5-11,14-18H,12-13H2,1-4H3,(H,30,31)/b21-15+. The molecule has 0 radical (unpaired) electrons. The van der Waals surface area contributed by atoms with Crippen LogP contribution in [0.5, 0.6) is 5.75 Å². The fraction of sp³-hybridized carbons (Fsp3) is 0.207. The predicted molar refractivity (Wildman–Crippen MR) is 134 cm³/mol. The largest absolute Gasteiger partial charge is 0.496 e. The van der Waals surface area contributed by atoms with Gasteiger partial charge in [0.05, 0.1) is 13.4 Å². The molecule has 4 rings (SSSR count). The van der Waals surface area contributed by atoms with E-state index in [1.54, 1.807) is 19.4 Å². The molecule has 0 saturated carbocycles. The molecule has 0 aliphatic carbocycles. The first kappa shape index (κ1) is 22.4. The van der Waals surface area contributed by atoms with E-state index in [9.17, 15) is 4.79 Å². The Morgan fingerprint density at radius 2 is 1.82 bits per heavy atom. The van der Waals surface area contributed by atoms with Crippen molar-refractivity contribution in [2.45, 2.75) is 27.2 Å². The molecule has 1 heterocycles. The molecule has 4 heteroatoms. The van der Waals surface area contributed by atoms with Crippen LogP contribution in [0.2, 0.25) is 0 Å². The Kier molecular flexibility index (Phi) is 6.64. The van der Waals surface area contributed by atoms with E-state index in [1.807, 2.05) is 31.2 Å². The Morgan fingerprint density at radius 3 is 2.55 bits per heavy atom. The minimum Gasteiger partial charge on any atom is -0.496 e. The van der Waals surface area contributed by atoms with E-state index in [0.29, 0.717) is 12.3 Å². The molecule has 1 N–H and O–H groups in total. The molecule has 0 atom stereocenters. The maximum absolute atomic E-state index is 12.5. The van der Waals surface area contributed by atoms with Gasteiger partial charge in [-0.1, -0.05) is 54.1 Å². The molecule has 0 unspecified atom stereocenters. The summed E-state index contributed by atoms with van der Waals surface area (Å²) in [6, 6.07) is 20.5. The second kappa shape index (κ2) is 9.78. The number of methoxy groups -OCH3 is 1. The van der Waals surface area contributed by atoms with E-state index in [-0.39, 0.29) is 5.91 Å². The highest BCUT2D eigenvalue weighted by Gasteiger charge is 2.16. The SMILES string of the molecule is COc1cc2occ(-c3ccc(C)cc3C)c2cc1/C(C)=C/C(=O)NCCc1ccccc1. The summed E-state index contributed by atoms with van der Waals surface area (Å²) in [4.78, 5) is 12.5. The molecule has 1 aromatic heterocycles. The molecule has 168 valence electrons. The van der Waals surface area contributed by atoms with Crippen molar-refractivity contribution in [2.24, 2.45) is 0 Å². The third-order valence-corrected chi connectivity index (χ3v) is 5.90. The molecule has 0 bridgehead atoms. The number of amides is 1. The molecule has 4 aromatic rings. The number of benzene rings is 3. The number of hydrogen-bond donors (Lipinski definition) is 1. The number of aryl methyl sites for hydroxylation is 2. The van der Waals surface area contributed by atoms with Gasteiger partial charge < -0.3 is 14.5 Å². The van der Waals surface area contributed by atoms with Gasteiger partial charge in [-0.3, -0.25) is 4.79 Å². The lowest BCUT2D eigenvalue weighted by molar-refractivity contribution is -0.116. The minimum atomic E-state index is -0.118. The Morgan fingerprint density at radius 1 is 1.03 bits per heavy atom. The van der Waals surface area contributed by atoms with Crippen LogP contribution in [0.25, 0.3) is 27.7 Å². The Hall–Kier alpha value is -3.79. The van der Waals surface area contributed by atoms with E-state index >= 15 is 0 Å². The highest BCUT2D eigenvalue weighted by atomic mass is 16.5. The molecule has 0 saturated heterocycles. The number of rotatable bonds is 7. The smallest absolute Gasteiger partial charge is 0.244 e. The molecule has 1 amide bonds. The molecule has 0 spiro atoms. The van der Waals surface area contributed by atoms with Gasteiger partial charge in [0.15, 0.2) is 0 Å². The number of allylic oxidation sites excluding steroid dienone is 1.